The van der Waals surface area contributed by atoms with Crippen molar-refractivity contribution in [2.75, 3.05) is 14.2 Å². The van der Waals surface area contributed by atoms with Gasteiger partial charge in [-0.2, -0.15) is 0 Å². The van der Waals surface area contributed by atoms with Crippen molar-refractivity contribution in [2.45, 2.75) is 6.92 Å². The largest absolute Gasteiger partial charge is 0.496 e. The number of carbonyl (C=O) groups excluding carboxylic acids is 1. The van der Waals surface area contributed by atoms with Gasteiger partial charge in [-0.15, -0.1) is 0 Å². The molecule has 88 valence electrons. The zero-order chi connectivity index (χ0) is 12.4. The lowest BCUT2D eigenvalue weighted by Crippen LogP contribution is -1.95. The molecule has 0 aliphatic heterocycles. The van der Waals surface area contributed by atoms with Gasteiger partial charge in [0.25, 0.3) is 0 Å². The highest BCUT2D eigenvalue weighted by Crippen LogP contribution is 2.32. The number of ether oxygens (including phenoxy) is 2. The molecular weight excluding hydrogens is 218 g/mol. The van der Waals surface area contributed by atoms with Crippen LogP contribution in [0.3, 0.4) is 0 Å². The highest BCUT2D eigenvalue weighted by atomic mass is 16.5. The zero-order valence-corrected chi connectivity index (χ0v) is 9.98. The van der Waals surface area contributed by atoms with Gasteiger partial charge in [0.15, 0.2) is 0 Å². The molecule has 4 heteroatoms. The average Bonchev–Trinajstić information content (AvgIpc) is 2.36. The van der Waals surface area contributed by atoms with Crippen molar-refractivity contribution in [3.8, 4) is 11.5 Å². The molecule has 0 saturated carbocycles. The van der Waals surface area contributed by atoms with Crippen LogP contribution in [0, 0.1) is 6.92 Å². The van der Waals surface area contributed by atoms with Gasteiger partial charge in [-0.25, -0.2) is 4.98 Å². The first kappa shape index (κ1) is 11.4. The lowest BCUT2D eigenvalue weighted by molar-refractivity contribution is 0.112. The van der Waals surface area contributed by atoms with Crippen molar-refractivity contribution in [3.05, 3.63) is 29.5 Å². The smallest absolute Gasteiger partial charge is 0.150 e. The van der Waals surface area contributed by atoms with E-state index in [1.54, 1.807) is 26.4 Å². The number of rotatable bonds is 3. The summed E-state index contributed by atoms with van der Waals surface area (Å²) in [6, 6.07) is 5.24. The number of carbonyl (C=O) groups is 1. The number of hydrogen-bond acceptors (Lipinski definition) is 4. The standard InChI is InChI=1S/C13H13NO3/c1-8-4-11(16-2)10-5-9(7-15)6-12(17-3)13(10)14-8/h4-7H,1-3H3. The molecule has 0 radical (unpaired) electrons. The quantitative estimate of drug-likeness (QED) is 0.761. The molecule has 4 nitrogen and oxygen atoms in total. The first-order valence-corrected chi connectivity index (χ1v) is 5.18. The predicted molar refractivity (Wildman–Crippen MR) is 65.0 cm³/mol. The van der Waals surface area contributed by atoms with Gasteiger partial charge in [0, 0.05) is 22.7 Å². The maximum Gasteiger partial charge on any atom is 0.150 e. The van der Waals surface area contributed by atoms with Crippen LogP contribution in [-0.4, -0.2) is 25.5 Å². The molecule has 1 aromatic heterocycles. The number of aryl methyl sites for hydroxylation is 1. The van der Waals surface area contributed by atoms with Gasteiger partial charge in [-0.1, -0.05) is 0 Å². The van der Waals surface area contributed by atoms with Crippen molar-refractivity contribution in [2.24, 2.45) is 0 Å². The molecule has 0 spiro atoms. The van der Waals surface area contributed by atoms with Crippen molar-refractivity contribution < 1.29 is 14.3 Å². The molecule has 1 aromatic carbocycles. The topological polar surface area (TPSA) is 48.4 Å². The van der Waals surface area contributed by atoms with Gasteiger partial charge in [0.05, 0.1) is 14.2 Å². The Balaban J connectivity index is 2.87. The molecule has 2 aromatic rings. The molecule has 0 unspecified atom stereocenters. The number of fused-ring (bicyclic) bond motifs is 1. The summed E-state index contributed by atoms with van der Waals surface area (Å²) in [5.41, 5.74) is 2.08. The Labute approximate surface area is 99.2 Å². The molecule has 0 saturated heterocycles. The molecular formula is C13H13NO3. The third-order valence-electron chi connectivity index (χ3n) is 2.57. The third-order valence-corrected chi connectivity index (χ3v) is 2.57. The fraction of sp³-hybridized carbons (Fsp3) is 0.231. The minimum Gasteiger partial charge on any atom is -0.496 e. The predicted octanol–water partition coefficient (Wildman–Crippen LogP) is 2.37. The lowest BCUT2D eigenvalue weighted by Gasteiger charge is -2.10. The van der Waals surface area contributed by atoms with E-state index in [1.165, 1.54) is 0 Å². The monoisotopic (exact) mass is 231 g/mol. The number of aromatic nitrogens is 1. The highest BCUT2D eigenvalue weighted by molar-refractivity contribution is 5.95. The maximum absolute atomic E-state index is 10.9. The first-order valence-electron chi connectivity index (χ1n) is 5.18. The zero-order valence-electron chi connectivity index (χ0n) is 9.98. The van der Waals surface area contributed by atoms with Gasteiger partial charge >= 0.3 is 0 Å². The van der Waals surface area contributed by atoms with E-state index in [1.807, 2.05) is 13.0 Å². The van der Waals surface area contributed by atoms with Crippen molar-refractivity contribution in [3.63, 3.8) is 0 Å². The summed E-state index contributed by atoms with van der Waals surface area (Å²) in [5, 5.41) is 0.777. The Morgan fingerprint density at radius 2 is 1.82 bits per heavy atom. The van der Waals surface area contributed by atoms with E-state index in [0.29, 0.717) is 22.6 Å². The van der Waals surface area contributed by atoms with Crippen molar-refractivity contribution >= 4 is 17.2 Å². The first-order chi connectivity index (χ1) is 8.19. The van der Waals surface area contributed by atoms with E-state index in [9.17, 15) is 4.79 Å². The third kappa shape index (κ3) is 1.93. The van der Waals surface area contributed by atoms with Crippen LogP contribution in [0.1, 0.15) is 16.1 Å². The summed E-state index contributed by atoms with van der Waals surface area (Å²) in [6.07, 6.45) is 0.779. The Morgan fingerprint density at radius 1 is 1.12 bits per heavy atom. The molecule has 0 aliphatic carbocycles. The van der Waals surface area contributed by atoms with Crippen LogP contribution in [0.15, 0.2) is 18.2 Å². The van der Waals surface area contributed by atoms with E-state index in [0.717, 1.165) is 17.4 Å². The summed E-state index contributed by atoms with van der Waals surface area (Å²) in [5.74, 6) is 1.26. The van der Waals surface area contributed by atoms with Gasteiger partial charge in [0.1, 0.15) is 23.3 Å². The average molecular weight is 231 g/mol. The Kier molecular flexibility index (Phi) is 2.95. The van der Waals surface area contributed by atoms with Gasteiger partial charge < -0.3 is 9.47 Å². The van der Waals surface area contributed by atoms with Crippen LogP contribution >= 0.6 is 0 Å². The Bertz CT molecular complexity index is 578. The highest BCUT2D eigenvalue weighted by Gasteiger charge is 2.11. The molecule has 17 heavy (non-hydrogen) atoms. The van der Waals surface area contributed by atoms with Crippen LogP contribution < -0.4 is 9.47 Å². The van der Waals surface area contributed by atoms with E-state index >= 15 is 0 Å². The number of methoxy groups -OCH3 is 2. The molecule has 0 atom stereocenters. The van der Waals surface area contributed by atoms with E-state index in [2.05, 4.69) is 4.98 Å². The number of hydrogen-bond donors (Lipinski definition) is 0. The number of pyridine rings is 1. The summed E-state index contributed by atoms with van der Waals surface area (Å²) in [7, 11) is 3.15. The normalized spacial score (nSPS) is 10.3. The molecule has 2 rings (SSSR count). The number of nitrogens with zero attached hydrogens (tertiary/aromatic N) is 1. The van der Waals surface area contributed by atoms with Crippen LogP contribution in [-0.2, 0) is 0 Å². The minimum atomic E-state index is 0.540. The molecule has 0 N–H and O–H groups in total. The van der Waals surface area contributed by atoms with Crippen LogP contribution in [0.2, 0.25) is 0 Å². The molecule has 0 amide bonds. The SMILES string of the molecule is COc1cc(C)nc2c(OC)cc(C=O)cc12. The second-order valence-corrected chi connectivity index (χ2v) is 3.70. The second kappa shape index (κ2) is 4.41. The summed E-state index contributed by atoms with van der Waals surface area (Å²) in [4.78, 5) is 15.3. The lowest BCUT2D eigenvalue weighted by atomic mass is 10.1. The van der Waals surface area contributed by atoms with Crippen LogP contribution in [0.5, 0.6) is 11.5 Å². The van der Waals surface area contributed by atoms with Crippen LogP contribution in [0.4, 0.5) is 0 Å². The molecule has 1 heterocycles. The number of benzene rings is 1. The minimum absolute atomic E-state index is 0.540. The van der Waals surface area contributed by atoms with Crippen molar-refractivity contribution in [1.82, 2.24) is 4.98 Å². The number of aldehydes is 1. The Morgan fingerprint density at radius 3 is 2.41 bits per heavy atom. The second-order valence-electron chi connectivity index (χ2n) is 3.70. The van der Waals surface area contributed by atoms with Gasteiger partial charge in [-0.3, -0.25) is 4.79 Å². The van der Waals surface area contributed by atoms with E-state index in [-0.39, 0.29) is 0 Å². The summed E-state index contributed by atoms with van der Waals surface area (Å²) >= 11 is 0. The van der Waals surface area contributed by atoms with Gasteiger partial charge in [-0.05, 0) is 19.1 Å². The molecule has 0 fully saturated rings. The van der Waals surface area contributed by atoms with Crippen LogP contribution in [0.25, 0.3) is 10.9 Å². The van der Waals surface area contributed by atoms with E-state index < -0.39 is 0 Å². The van der Waals surface area contributed by atoms with Crippen molar-refractivity contribution in [1.29, 1.82) is 0 Å². The fourth-order valence-corrected chi connectivity index (χ4v) is 1.80. The molecule has 0 aliphatic rings. The summed E-state index contributed by atoms with van der Waals surface area (Å²) < 4.78 is 10.5. The Hall–Kier alpha value is -2.10. The fourth-order valence-electron chi connectivity index (χ4n) is 1.80. The molecule has 0 bridgehead atoms. The van der Waals surface area contributed by atoms with Gasteiger partial charge in [0.2, 0.25) is 0 Å². The summed E-state index contributed by atoms with van der Waals surface area (Å²) in [6.45, 7) is 1.88. The maximum atomic E-state index is 10.9. The van der Waals surface area contributed by atoms with E-state index in [4.69, 9.17) is 9.47 Å².